The third kappa shape index (κ3) is 2.34. The average molecular weight is 300 g/mol. The molecular weight excluding hydrogens is 286 g/mol. The van der Waals surface area contributed by atoms with Crippen LogP contribution in [-0.4, -0.2) is 44.5 Å². The Morgan fingerprint density at radius 3 is 2.70 bits per heavy atom. The van der Waals surface area contributed by atoms with Gasteiger partial charge in [-0.2, -0.15) is 0 Å². The van der Waals surface area contributed by atoms with Gasteiger partial charge in [-0.15, -0.1) is 0 Å². The molecule has 7 nitrogen and oxygen atoms in total. The SMILES string of the molecule is CC(C)C1(O)CN(C(=O)c2ccnc(Cl)c2[N+](=O)[O-])C1. The van der Waals surface area contributed by atoms with Crippen molar-refractivity contribution in [2.24, 2.45) is 5.92 Å². The van der Waals surface area contributed by atoms with Crippen molar-refractivity contribution in [3.05, 3.63) is 33.1 Å². The summed E-state index contributed by atoms with van der Waals surface area (Å²) < 4.78 is 0. The third-order valence-electron chi connectivity index (χ3n) is 3.58. The molecule has 1 N–H and O–H groups in total. The molecule has 1 aromatic heterocycles. The Balaban J connectivity index is 2.25. The number of carbonyl (C=O) groups excluding carboxylic acids is 1. The molecule has 2 rings (SSSR count). The van der Waals surface area contributed by atoms with Gasteiger partial charge in [-0.05, 0) is 12.0 Å². The fourth-order valence-electron chi connectivity index (χ4n) is 2.07. The van der Waals surface area contributed by atoms with Gasteiger partial charge in [-0.25, -0.2) is 4.98 Å². The van der Waals surface area contributed by atoms with E-state index in [1.54, 1.807) is 0 Å². The summed E-state index contributed by atoms with van der Waals surface area (Å²) in [6, 6.07) is 1.26. The van der Waals surface area contributed by atoms with E-state index in [1.807, 2.05) is 13.8 Å². The zero-order valence-electron chi connectivity index (χ0n) is 11.0. The number of pyridine rings is 1. The summed E-state index contributed by atoms with van der Waals surface area (Å²) >= 11 is 5.67. The lowest BCUT2D eigenvalue weighted by Gasteiger charge is -2.48. The van der Waals surface area contributed by atoms with Crippen LogP contribution in [0.2, 0.25) is 5.15 Å². The van der Waals surface area contributed by atoms with Crippen molar-refractivity contribution in [3.8, 4) is 0 Å². The van der Waals surface area contributed by atoms with Gasteiger partial charge in [0.05, 0.1) is 18.0 Å². The van der Waals surface area contributed by atoms with Crippen LogP contribution in [0, 0.1) is 16.0 Å². The molecule has 0 spiro atoms. The molecule has 1 aliphatic rings. The summed E-state index contributed by atoms with van der Waals surface area (Å²) in [7, 11) is 0. The monoisotopic (exact) mass is 299 g/mol. The van der Waals surface area contributed by atoms with Gasteiger partial charge in [0.25, 0.3) is 5.91 Å². The van der Waals surface area contributed by atoms with Crippen LogP contribution in [0.3, 0.4) is 0 Å². The topological polar surface area (TPSA) is 96.6 Å². The van der Waals surface area contributed by atoms with Crippen molar-refractivity contribution in [1.29, 1.82) is 0 Å². The van der Waals surface area contributed by atoms with Crippen molar-refractivity contribution < 1.29 is 14.8 Å². The van der Waals surface area contributed by atoms with E-state index >= 15 is 0 Å². The number of halogens is 1. The van der Waals surface area contributed by atoms with E-state index in [2.05, 4.69) is 4.98 Å². The predicted octanol–water partition coefficient (Wildman–Crippen LogP) is 1.49. The van der Waals surface area contributed by atoms with Crippen LogP contribution in [0.4, 0.5) is 5.69 Å². The van der Waals surface area contributed by atoms with Crippen molar-refractivity contribution in [2.45, 2.75) is 19.4 Å². The Morgan fingerprint density at radius 1 is 1.60 bits per heavy atom. The van der Waals surface area contributed by atoms with Crippen molar-refractivity contribution in [3.63, 3.8) is 0 Å². The summed E-state index contributed by atoms with van der Waals surface area (Å²) in [5, 5.41) is 20.8. The molecule has 8 heteroatoms. The van der Waals surface area contributed by atoms with E-state index in [-0.39, 0.29) is 29.7 Å². The van der Waals surface area contributed by atoms with Crippen LogP contribution in [-0.2, 0) is 0 Å². The van der Waals surface area contributed by atoms with Gasteiger partial charge in [-0.3, -0.25) is 14.9 Å². The Labute approximate surface area is 120 Å². The first-order chi connectivity index (χ1) is 9.26. The van der Waals surface area contributed by atoms with E-state index in [1.165, 1.54) is 17.2 Å². The second kappa shape index (κ2) is 4.99. The van der Waals surface area contributed by atoms with E-state index < -0.39 is 22.1 Å². The standard InChI is InChI=1S/C12H14ClN3O4/c1-7(2)12(18)5-15(6-12)11(17)8-3-4-14-10(13)9(8)16(19)20/h3-4,7,18H,5-6H2,1-2H3. The number of rotatable bonds is 3. The maximum Gasteiger partial charge on any atom is 0.319 e. The quantitative estimate of drug-likeness (QED) is 0.518. The van der Waals surface area contributed by atoms with Gasteiger partial charge >= 0.3 is 5.69 Å². The minimum Gasteiger partial charge on any atom is -0.386 e. The molecule has 0 unspecified atom stereocenters. The number of carbonyl (C=O) groups is 1. The van der Waals surface area contributed by atoms with Gasteiger partial charge in [0, 0.05) is 6.20 Å². The normalized spacial score (nSPS) is 16.9. The molecule has 0 aromatic carbocycles. The van der Waals surface area contributed by atoms with E-state index in [0.29, 0.717) is 0 Å². The molecule has 0 radical (unpaired) electrons. The number of hydrogen-bond donors (Lipinski definition) is 1. The molecule has 2 heterocycles. The van der Waals surface area contributed by atoms with Crippen LogP contribution < -0.4 is 0 Å². The van der Waals surface area contributed by atoms with Gasteiger partial charge in [0.1, 0.15) is 11.2 Å². The maximum atomic E-state index is 12.2. The molecule has 1 aromatic rings. The van der Waals surface area contributed by atoms with E-state index in [9.17, 15) is 20.0 Å². The third-order valence-corrected chi connectivity index (χ3v) is 3.86. The Kier molecular flexibility index (Phi) is 3.66. The van der Waals surface area contributed by atoms with Crippen molar-refractivity contribution in [1.82, 2.24) is 9.88 Å². The Morgan fingerprint density at radius 2 is 2.20 bits per heavy atom. The number of nitrogens with zero attached hydrogens (tertiary/aromatic N) is 3. The molecule has 0 saturated carbocycles. The molecule has 1 amide bonds. The first kappa shape index (κ1) is 14.7. The first-order valence-corrected chi connectivity index (χ1v) is 6.44. The second-order valence-corrected chi connectivity index (χ2v) is 5.53. The fraction of sp³-hybridized carbons (Fsp3) is 0.500. The van der Waals surface area contributed by atoms with E-state index in [4.69, 9.17) is 11.6 Å². The Bertz CT molecular complexity index is 570. The summed E-state index contributed by atoms with van der Waals surface area (Å²) in [6.07, 6.45) is 1.25. The molecular formula is C12H14ClN3O4. The van der Waals surface area contributed by atoms with Crippen LogP contribution in [0.15, 0.2) is 12.3 Å². The maximum absolute atomic E-state index is 12.2. The number of aromatic nitrogens is 1. The Hall–Kier alpha value is -1.73. The van der Waals surface area contributed by atoms with E-state index in [0.717, 1.165) is 0 Å². The van der Waals surface area contributed by atoms with Crippen LogP contribution in [0.5, 0.6) is 0 Å². The molecule has 1 saturated heterocycles. The lowest BCUT2D eigenvalue weighted by atomic mass is 9.82. The number of β-amino-alcohol motifs (C(OH)–C–C–N with tert-alkyl or cyclic N) is 1. The summed E-state index contributed by atoms with van der Waals surface area (Å²) in [5.41, 5.74) is -1.54. The van der Waals surface area contributed by atoms with Crippen LogP contribution >= 0.6 is 11.6 Å². The molecule has 1 fully saturated rings. The lowest BCUT2D eigenvalue weighted by Crippen LogP contribution is -2.66. The zero-order chi connectivity index (χ0) is 15.1. The average Bonchev–Trinajstić information content (AvgIpc) is 2.33. The summed E-state index contributed by atoms with van der Waals surface area (Å²) in [6.45, 7) is 4.02. The highest BCUT2D eigenvalue weighted by molar-refractivity contribution is 6.32. The molecule has 0 aliphatic carbocycles. The largest absolute Gasteiger partial charge is 0.386 e. The number of aliphatic hydroxyl groups is 1. The highest BCUT2D eigenvalue weighted by Crippen LogP contribution is 2.33. The van der Waals surface area contributed by atoms with Gasteiger partial charge in [0.2, 0.25) is 5.15 Å². The smallest absolute Gasteiger partial charge is 0.319 e. The van der Waals surface area contributed by atoms with Crippen LogP contribution in [0.25, 0.3) is 0 Å². The molecule has 0 atom stereocenters. The number of amides is 1. The summed E-state index contributed by atoms with van der Waals surface area (Å²) in [4.78, 5) is 27.5. The zero-order valence-corrected chi connectivity index (χ0v) is 11.8. The molecule has 20 heavy (non-hydrogen) atoms. The minimum absolute atomic E-state index is 0.00237. The number of nitro groups is 1. The highest BCUT2D eigenvalue weighted by atomic mass is 35.5. The predicted molar refractivity (Wildman–Crippen MR) is 71.6 cm³/mol. The van der Waals surface area contributed by atoms with Gasteiger partial charge in [0.15, 0.2) is 0 Å². The molecule has 1 aliphatic heterocycles. The highest BCUT2D eigenvalue weighted by Gasteiger charge is 2.47. The summed E-state index contributed by atoms with van der Waals surface area (Å²) in [5.74, 6) is -0.520. The van der Waals surface area contributed by atoms with Crippen LogP contribution in [0.1, 0.15) is 24.2 Å². The lowest BCUT2D eigenvalue weighted by molar-refractivity contribution is -0.385. The first-order valence-electron chi connectivity index (χ1n) is 6.07. The molecule has 108 valence electrons. The number of hydrogen-bond acceptors (Lipinski definition) is 5. The van der Waals surface area contributed by atoms with Crippen molar-refractivity contribution in [2.75, 3.05) is 13.1 Å². The van der Waals surface area contributed by atoms with Crippen molar-refractivity contribution >= 4 is 23.2 Å². The minimum atomic E-state index is -0.929. The van der Waals surface area contributed by atoms with Gasteiger partial charge in [-0.1, -0.05) is 25.4 Å². The fourth-order valence-corrected chi connectivity index (χ4v) is 2.30. The van der Waals surface area contributed by atoms with Gasteiger partial charge < -0.3 is 10.0 Å². The number of likely N-dealkylation sites (tertiary alicyclic amines) is 1. The molecule has 0 bridgehead atoms. The second-order valence-electron chi connectivity index (χ2n) is 5.17.